The van der Waals surface area contributed by atoms with Crippen LogP contribution in [0.4, 0.5) is 0 Å². The molecule has 0 spiro atoms. The lowest BCUT2D eigenvalue weighted by Gasteiger charge is -2.28. The van der Waals surface area contributed by atoms with Crippen molar-refractivity contribution in [1.29, 1.82) is 0 Å². The zero-order valence-corrected chi connectivity index (χ0v) is 10.8. The summed E-state index contributed by atoms with van der Waals surface area (Å²) in [6, 6.07) is 8.56. The second-order valence-corrected chi connectivity index (χ2v) is 5.40. The second kappa shape index (κ2) is 5.27. The molecule has 0 amide bonds. The van der Waals surface area contributed by atoms with Crippen LogP contribution in [-0.2, 0) is 6.42 Å². The van der Waals surface area contributed by atoms with E-state index in [-0.39, 0.29) is 6.10 Å². The normalized spacial score (nSPS) is 26.5. The van der Waals surface area contributed by atoms with Gasteiger partial charge in [0.15, 0.2) is 0 Å². The van der Waals surface area contributed by atoms with E-state index in [0.29, 0.717) is 5.92 Å². The van der Waals surface area contributed by atoms with E-state index in [4.69, 9.17) is 0 Å². The number of benzene rings is 1. The molecule has 2 unspecified atom stereocenters. The van der Waals surface area contributed by atoms with Gasteiger partial charge in [0, 0.05) is 16.0 Å². The molecule has 1 fully saturated rings. The van der Waals surface area contributed by atoms with Gasteiger partial charge < -0.3 is 10.4 Å². The molecule has 0 radical (unpaired) electrons. The van der Waals surface area contributed by atoms with Crippen molar-refractivity contribution in [3.05, 3.63) is 33.4 Å². The Hall–Kier alpha value is -0.130. The number of nitrogens with one attached hydrogen (secondary N) is 1. The molecule has 1 aromatic carbocycles. The fraction of sp³-hybridized carbons (Fsp3) is 0.500. The highest BCUT2D eigenvalue weighted by Crippen LogP contribution is 2.17. The largest absolute Gasteiger partial charge is 0.393 e. The molecule has 3 heteroatoms. The van der Waals surface area contributed by atoms with Gasteiger partial charge >= 0.3 is 0 Å². The molecule has 2 rings (SSSR count). The highest BCUT2D eigenvalue weighted by Gasteiger charge is 2.22. The standard InChI is InChI=1S/C12H16INO/c13-11-3-1-9(2-4-11)7-10-8-14-6-5-12(10)15/h1-4,10,12,14-15H,5-8H2. The van der Waals surface area contributed by atoms with Gasteiger partial charge in [-0.3, -0.25) is 0 Å². The number of halogens is 1. The minimum atomic E-state index is -0.134. The minimum absolute atomic E-state index is 0.134. The molecule has 1 aliphatic rings. The van der Waals surface area contributed by atoms with Crippen molar-refractivity contribution >= 4 is 22.6 Å². The van der Waals surface area contributed by atoms with E-state index in [0.717, 1.165) is 25.9 Å². The summed E-state index contributed by atoms with van der Waals surface area (Å²) in [6.45, 7) is 1.89. The van der Waals surface area contributed by atoms with Crippen LogP contribution in [0.2, 0.25) is 0 Å². The average molecular weight is 317 g/mol. The Morgan fingerprint density at radius 2 is 2.07 bits per heavy atom. The van der Waals surface area contributed by atoms with Gasteiger partial charge in [-0.05, 0) is 59.7 Å². The van der Waals surface area contributed by atoms with Crippen LogP contribution < -0.4 is 5.32 Å². The molecular formula is C12H16INO. The van der Waals surface area contributed by atoms with Gasteiger partial charge in [-0.15, -0.1) is 0 Å². The summed E-state index contributed by atoms with van der Waals surface area (Å²) in [6.07, 6.45) is 1.73. The van der Waals surface area contributed by atoms with Crippen LogP contribution in [-0.4, -0.2) is 24.3 Å². The number of hydrogen-bond acceptors (Lipinski definition) is 2. The van der Waals surface area contributed by atoms with E-state index in [1.54, 1.807) is 0 Å². The van der Waals surface area contributed by atoms with Crippen LogP contribution in [0.15, 0.2) is 24.3 Å². The molecule has 1 aromatic rings. The van der Waals surface area contributed by atoms with Crippen molar-refractivity contribution in [3.63, 3.8) is 0 Å². The first-order chi connectivity index (χ1) is 7.25. The van der Waals surface area contributed by atoms with Crippen molar-refractivity contribution in [2.45, 2.75) is 18.9 Å². The summed E-state index contributed by atoms with van der Waals surface area (Å²) in [5.41, 5.74) is 1.32. The first kappa shape index (κ1) is 11.4. The number of hydrogen-bond donors (Lipinski definition) is 2. The van der Waals surface area contributed by atoms with Gasteiger partial charge in [0.05, 0.1) is 6.10 Å². The summed E-state index contributed by atoms with van der Waals surface area (Å²) in [7, 11) is 0. The third-order valence-electron chi connectivity index (χ3n) is 2.98. The maximum Gasteiger partial charge on any atom is 0.0595 e. The number of aliphatic hydroxyl groups excluding tert-OH is 1. The summed E-state index contributed by atoms with van der Waals surface area (Å²) in [4.78, 5) is 0. The van der Waals surface area contributed by atoms with E-state index in [9.17, 15) is 5.11 Å². The van der Waals surface area contributed by atoms with Gasteiger partial charge in [0.2, 0.25) is 0 Å². The number of aliphatic hydroxyl groups is 1. The van der Waals surface area contributed by atoms with E-state index in [1.165, 1.54) is 9.13 Å². The van der Waals surface area contributed by atoms with Gasteiger partial charge in [0.1, 0.15) is 0 Å². The maximum atomic E-state index is 9.84. The van der Waals surface area contributed by atoms with Gasteiger partial charge in [-0.25, -0.2) is 0 Å². The predicted octanol–water partition coefficient (Wildman–Crippen LogP) is 1.80. The van der Waals surface area contributed by atoms with Crippen molar-refractivity contribution in [1.82, 2.24) is 5.32 Å². The van der Waals surface area contributed by atoms with Gasteiger partial charge in [0.25, 0.3) is 0 Å². The lowest BCUT2D eigenvalue weighted by molar-refractivity contribution is 0.0791. The molecule has 1 saturated heterocycles. The van der Waals surface area contributed by atoms with Crippen LogP contribution in [0.3, 0.4) is 0 Å². The SMILES string of the molecule is OC1CCNCC1Cc1ccc(I)cc1. The Morgan fingerprint density at radius 1 is 1.33 bits per heavy atom. The molecule has 2 nitrogen and oxygen atoms in total. The molecule has 2 N–H and O–H groups in total. The maximum absolute atomic E-state index is 9.84. The fourth-order valence-electron chi connectivity index (χ4n) is 2.04. The smallest absolute Gasteiger partial charge is 0.0595 e. The molecule has 2 atom stereocenters. The van der Waals surface area contributed by atoms with E-state index in [1.807, 2.05) is 0 Å². The van der Waals surface area contributed by atoms with Crippen LogP contribution >= 0.6 is 22.6 Å². The van der Waals surface area contributed by atoms with Gasteiger partial charge in [-0.1, -0.05) is 12.1 Å². The monoisotopic (exact) mass is 317 g/mol. The summed E-state index contributed by atoms with van der Waals surface area (Å²) >= 11 is 2.31. The molecule has 0 bridgehead atoms. The predicted molar refractivity (Wildman–Crippen MR) is 69.8 cm³/mol. The summed E-state index contributed by atoms with van der Waals surface area (Å²) in [5.74, 6) is 0.374. The molecule has 82 valence electrons. The van der Waals surface area contributed by atoms with Crippen LogP contribution in [0.1, 0.15) is 12.0 Å². The highest BCUT2D eigenvalue weighted by molar-refractivity contribution is 14.1. The zero-order valence-electron chi connectivity index (χ0n) is 8.62. The summed E-state index contributed by atoms with van der Waals surface area (Å²) < 4.78 is 1.26. The lowest BCUT2D eigenvalue weighted by atomic mass is 9.90. The molecule has 0 saturated carbocycles. The van der Waals surface area contributed by atoms with Crippen molar-refractivity contribution in [2.24, 2.45) is 5.92 Å². The molecule has 0 aromatic heterocycles. The van der Waals surface area contributed by atoms with Gasteiger partial charge in [-0.2, -0.15) is 0 Å². The van der Waals surface area contributed by atoms with Crippen LogP contribution in [0.5, 0.6) is 0 Å². The Bertz CT molecular complexity index is 312. The Balaban J connectivity index is 1.98. The first-order valence-corrected chi connectivity index (χ1v) is 6.47. The Labute approximate surface area is 104 Å². The lowest BCUT2D eigenvalue weighted by Crippen LogP contribution is -2.40. The number of rotatable bonds is 2. The molecule has 15 heavy (non-hydrogen) atoms. The van der Waals surface area contributed by atoms with E-state index < -0.39 is 0 Å². The third-order valence-corrected chi connectivity index (χ3v) is 3.70. The van der Waals surface area contributed by atoms with Crippen LogP contribution in [0, 0.1) is 9.49 Å². The first-order valence-electron chi connectivity index (χ1n) is 5.39. The second-order valence-electron chi connectivity index (χ2n) is 4.15. The topological polar surface area (TPSA) is 32.3 Å². The average Bonchev–Trinajstić information content (AvgIpc) is 2.25. The molecule has 1 heterocycles. The highest BCUT2D eigenvalue weighted by atomic mass is 127. The zero-order chi connectivity index (χ0) is 10.7. The fourth-order valence-corrected chi connectivity index (χ4v) is 2.40. The molecule has 1 aliphatic heterocycles. The van der Waals surface area contributed by atoms with Crippen molar-refractivity contribution in [3.8, 4) is 0 Å². The van der Waals surface area contributed by atoms with Crippen molar-refractivity contribution in [2.75, 3.05) is 13.1 Å². The number of piperidine rings is 1. The van der Waals surface area contributed by atoms with E-state index in [2.05, 4.69) is 52.2 Å². The Kier molecular flexibility index (Phi) is 3.99. The van der Waals surface area contributed by atoms with Crippen molar-refractivity contribution < 1.29 is 5.11 Å². The third kappa shape index (κ3) is 3.16. The summed E-state index contributed by atoms with van der Waals surface area (Å²) in [5, 5.41) is 13.2. The molecule has 0 aliphatic carbocycles. The minimum Gasteiger partial charge on any atom is -0.393 e. The molecular weight excluding hydrogens is 301 g/mol. The van der Waals surface area contributed by atoms with E-state index >= 15 is 0 Å². The Morgan fingerprint density at radius 3 is 2.73 bits per heavy atom. The van der Waals surface area contributed by atoms with Crippen LogP contribution in [0.25, 0.3) is 0 Å². The quantitative estimate of drug-likeness (QED) is 0.816.